The zero-order valence-corrected chi connectivity index (χ0v) is 23.1. The molecule has 0 aliphatic rings. The normalized spacial score (nSPS) is 11.8. The van der Waals surface area contributed by atoms with Crippen LogP contribution < -0.4 is 5.69 Å². The average molecular weight is 553 g/mol. The van der Waals surface area contributed by atoms with Gasteiger partial charge in [-0.25, -0.2) is 14.2 Å². The number of rotatable bonds is 3. The topological polar surface area (TPSA) is 44.2 Å². The second-order valence-corrected chi connectivity index (χ2v) is 10.9. The Morgan fingerprint density at radius 3 is 1.44 bits per heavy atom. The molecule has 202 valence electrons. The van der Waals surface area contributed by atoms with Crippen molar-refractivity contribution in [2.45, 2.75) is 0 Å². The van der Waals surface area contributed by atoms with Crippen LogP contribution in [0, 0.1) is 0 Å². The predicted molar refractivity (Wildman–Crippen MR) is 176 cm³/mol. The quantitative estimate of drug-likeness (QED) is 0.220. The van der Waals surface area contributed by atoms with Gasteiger partial charge in [0, 0.05) is 21.8 Å². The molecular formula is C38H24N4O. The molecule has 0 fully saturated rings. The molecule has 0 bridgehead atoms. The molecule has 0 saturated heterocycles. The monoisotopic (exact) mass is 552 g/mol. The summed E-state index contributed by atoms with van der Waals surface area (Å²) in [5.74, 6) is 0. The molecule has 3 heterocycles. The van der Waals surface area contributed by atoms with Crippen LogP contribution in [-0.4, -0.2) is 18.5 Å². The first-order valence-electron chi connectivity index (χ1n) is 14.4. The van der Waals surface area contributed by atoms with E-state index in [9.17, 15) is 4.79 Å². The van der Waals surface area contributed by atoms with Crippen molar-refractivity contribution >= 4 is 49.4 Å². The Kier molecular flexibility index (Phi) is 4.98. The summed E-state index contributed by atoms with van der Waals surface area (Å²) in [5.41, 5.74) is 9.52. The highest BCUT2D eigenvalue weighted by Crippen LogP contribution is 2.33. The zero-order chi connectivity index (χ0) is 28.5. The van der Waals surface area contributed by atoms with Gasteiger partial charge in [0.25, 0.3) is 0 Å². The Balaban J connectivity index is 1.15. The van der Waals surface area contributed by atoms with Gasteiger partial charge in [-0.15, -0.1) is 0 Å². The zero-order valence-electron chi connectivity index (χ0n) is 23.1. The third-order valence-corrected chi connectivity index (χ3v) is 8.49. The van der Waals surface area contributed by atoms with Crippen LogP contribution in [0.2, 0.25) is 0 Å². The highest BCUT2D eigenvalue weighted by Gasteiger charge is 2.16. The lowest BCUT2D eigenvalue weighted by molar-refractivity contribution is 0.932. The molecule has 0 amide bonds. The molecule has 0 aliphatic heterocycles. The van der Waals surface area contributed by atoms with E-state index in [1.165, 1.54) is 21.8 Å². The second kappa shape index (κ2) is 9.03. The molecular weight excluding hydrogens is 528 g/mol. The van der Waals surface area contributed by atoms with Gasteiger partial charge in [-0.3, -0.25) is 4.57 Å². The van der Waals surface area contributed by atoms with Gasteiger partial charge < -0.3 is 4.57 Å². The summed E-state index contributed by atoms with van der Waals surface area (Å²) in [6, 6.07) is 49.8. The number of hydrogen-bond donors (Lipinski definition) is 0. The molecule has 0 spiro atoms. The van der Waals surface area contributed by atoms with Crippen LogP contribution in [0.3, 0.4) is 0 Å². The van der Waals surface area contributed by atoms with Crippen LogP contribution in [0.1, 0.15) is 0 Å². The number of para-hydroxylation sites is 5. The maximum Gasteiger partial charge on any atom is 0.339 e. The minimum absolute atomic E-state index is 0.134. The highest BCUT2D eigenvalue weighted by atomic mass is 16.1. The summed E-state index contributed by atoms with van der Waals surface area (Å²) in [5, 5.41) is 3.44. The third-order valence-electron chi connectivity index (χ3n) is 8.49. The molecule has 0 atom stereocenters. The van der Waals surface area contributed by atoms with Crippen molar-refractivity contribution in [1.29, 1.82) is 0 Å². The van der Waals surface area contributed by atoms with Gasteiger partial charge in [-0.05, 0) is 71.8 Å². The van der Waals surface area contributed by atoms with Gasteiger partial charge in [-0.2, -0.15) is 0 Å². The van der Waals surface area contributed by atoms with Crippen molar-refractivity contribution in [2.24, 2.45) is 0 Å². The molecule has 0 radical (unpaired) electrons. The molecule has 3 aromatic heterocycles. The number of aromatic nitrogens is 4. The fourth-order valence-electron chi connectivity index (χ4n) is 6.52. The molecule has 0 aliphatic carbocycles. The highest BCUT2D eigenvalue weighted by molar-refractivity contribution is 6.09. The van der Waals surface area contributed by atoms with Gasteiger partial charge in [0.1, 0.15) is 0 Å². The van der Waals surface area contributed by atoms with E-state index in [0.717, 1.165) is 44.4 Å². The second-order valence-electron chi connectivity index (χ2n) is 10.9. The molecule has 5 heteroatoms. The summed E-state index contributed by atoms with van der Waals surface area (Å²) in [6.07, 6.45) is 0. The number of fused-ring (bicyclic) bond motifs is 8. The Hall–Kier alpha value is -5.94. The molecule has 0 saturated carbocycles. The molecule has 43 heavy (non-hydrogen) atoms. The van der Waals surface area contributed by atoms with Gasteiger partial charge in [0.05, 0.1) is 33.3 Å². The van der Waals surface area contributed by atoms with Crippen LogP contribution in [0.15, 0.2) is 150 Å². The molecule has 9 aromatic rings. The van der Waals surface area contributed by atoms with E-state index < -0.39 is 0 Å². The van der Waals surface area contributed by atoms with Crippen LogP contribution in [0.5, 0.6) is 0 Å². The maximum absolute atomic E-state index is 14.0. The summed E-state index contributed by atoms with van der Waals surface area (Å²) < 4.78 is 5.83. The summed E-state index contributed by atoms with van der Waals surface area (Å²) >= 11 is 0. The SMILES string of the molecule is O=c1n(-c2ccc(-c3ccc(-n4c5ccccc5c5ccccc54)cc3)cc2)c2ccccc2c2nc3ccccc3n12. The van der Waals surface area contributed by atoms with Crippen molar-refractivity contribution in [3.8, 4) is 22.5 Å². The summed E-state index contributed by atoms with van der Waals surface area (Å²) in [6.45, 7) is 0. The minimum atomic E-state index is -0.134. The van der Waals surface area contributed by atoms with Crippen LogP contribution >= 0.6 is 0 Å². The third kappa shape index (κ3) is 3.45. The first-order chi connectivity index (χ1) is 21.3. The predicted octanol–water partition coefficient (Wildman–Crippen LogP) is 8.56. The fourth-order valence-corrected chi connectivity index (χ4v) is 6.52. The Bertz CT molecular complexity index is 2510. The van der Waals surface area contributed by atoms with E-state index in [0.29, 0.717) is 5.65 Å². The van der Waals surface area contributed by atoms with Gasteiger partial charge in [-0.1, -0.05) is 84.9 Å². The lowest BCUT2D eigenvalue weighted by atomic mass is 10.0. The Labute approximate surface area is 246 Å². The lowest BCUT2D eigenvalue weighted by Gasteiger charge is -2.13. The molecule has 6 aromatic carbocycles. The average Bonchev–Trinajstić information content (AvgIpc) is 3.62. The van der Waals surface area contributed by atoms with Gasteiger partial charge >= 0.3 is 5.69 Å². The smallest absolute Gasteiger partial charge is 0.309 e. The minimum Gasteiger partial charge on any atom is -0.309 e. The number of imidazole rings is 1. The molecule has 5 nitrogen and oxygen atoms in total. The van der Waals surface area contributed by atoms with Crippen molar-refractivity contribution in [2.75, 3.05) is 0 Å². The van der Waals surface area contributed by atoms with Crippen LogP contribution in [0.4, 0.5) is 0 Å². The first kappa shape index (κ1) is 23.7. The standard InChI is InChI=1S/C38H24N4O/c43-38-41(35-15-7-3-11-31(35)37-39-32-12-4-8-16-36(32)42(37)38)28-23-19-26(20-24-28)25-17-21-27(22-18-25)40-33-13-5-1-9-29(33)30-10-2-6-14-34(30)40/h1-24H. The van der Waals surface area contributed by atoms with Crippen molar-refractivity contribution in [1.82, 2.24) is 18.5 Å². The van der Waals surface area contributed by atoms with E-state index in [4.69, 9.17) is 4.98 Å². The number of nitrogens with zero attached hydrogens (tertiary/aromatic N) is 4. The Morgan fingerprint density at radius 1 is 0.419 bits per heavy atom. The van der Waals surface area contributed by atoms with Crippen molar-refractivity contribution < 1.29 is 0 Å². The van der Waals surface area contributed by atoms with E-state index >= 15 is 0 Å². The van der Waals surface area contributed by atoms with Gasteiger partial charge in [0.15, 0.2) is 5.65 Å². The maximum atomic E-state index is 14.0. The molecule has 0 unspecified atom stereocenters. The van der Waals surface area contributed by atoms with Crippen molar-refractivity contribution in [3.63, 3.8) is 0 Å². The van der Waals surface area contributed by atoms with E-state index in [-0.39, 0.29) is 5.69 Å². The van der Waals surface area contributed by atoms with Crippen molar-refractivity contribution in [3.05, 3.63) is 156 Å². The lowest BCUT2D eigenvalue weighted by Crippen LogP contribution is -2.25. The van der Waals surface area contributed by atoms with Crippen LogP contribution in [-0.2, 0) is 0 Å². The molecule has 9 rings (SSSR count). The summed E-state index contributed by atoms with van der Waals surface area (Å²) in [7, 11) is 0. The first-order valence-corrected chi connectivity index (χ1v) is 14.4. The van der Waals surface area contributed by atoms with Crippen LogP contribution in [0.25, 0.3) is 71.9 Å². The molecule has 0 N–H and O–H groups in total. The fraction of sp³-hybridized carbons (Fsp3) is 0. The summed E-state index contributed by atoms with van der Waals surface area (Å²) in [4.78, 5) is 18.8. The largest absolute Gasteiger partial charge is 0.339 e. The number of benzene rings is 6. The van der Waals surface area contributed by atoms with E-state index in [1.807, 2.05) is 60.7 Å². The van der Waals surface area contributed by atoms with E-state index in [2.05, 4.69) is 89.5 Å². The van der Waals surface area contributed by atoms with Gasteiger partial charge in [0.2, 0.25) is 0 Å². The number of hydrogen-bond acceptors (Lipinski definition) is 2. The Morgan fingerprint density at radius 2 is 0.860 bits per heavy atom. The van der Waals surface area contributed by atoms with E-state index in [1.54, 1.807) is 8.97 Å².